The van der Waals surface area contributed by atoms with E-state index in [0.717, 1.165) is 38.6 Å². The van der Waals surface area contributed by atoms with Crippen molar-refractivity contribution < 1.29 is 19.1 Å². The molecule has 0 bridgehead atoms. The highest BCUT2D eigenvalue weighted by atomic mass is 79.9. The van der Waals surface area contributed by atoms with Crippen LogP contribution < -0.4 is 10.1 Å². The number of nitrogens with zero attached hydrogens (tertiary/aromatic N) is 1. The molecule has 1 aliphatic rings. The summed E-state index contributed by atoms with van der Waals surface area (Å²) < 4.78 is 6.40. The maximum atomic E-state index is 12.8. The number of hydrogen-bond donors (Lipinski definition) is 1. The Morgan fingerprint density at radius 3 is 2.56 bits per heavy atom. The van der Waals surface area contributed by atoms with Gasteiger partial charge in [-0.25, -0.2) is 0 Å². The number of carbonyl (C=O) groups excluding carboxylic acids is 3. The molecule has 3 aromatic carbocycles. The van der Waals surface area contributed by atoms with Gasteiger partial charge in [-0.05, 0) is 71.8 Å². The van der Waals surface area contributed by atoms with Crippen molar-refractivity contribution in [1.29, 1.82) is 0 Å². The third kappa shape index (κ3) is 5.95. The molecule has 0 aromatic heterocycles. The summed E-state index contributed by atoms with van der Waals surface area (Å²) in [6.45, 7) is 2.04. The first-order chi connectivity index (χ1) is 16.4. The molecule has 4 rings (SSSR count). The van der Waals surface area contributed by atoms with Gasteiger partial charge in [0, 0.05) is 10.2 Å². The number of benzene rings is 3. The molecule has 1 aliphatic heterocycles. The number of carbonyl (C=O) groups is 3. The molecule has 0 saturated carbocycles. The number of anilines is 1. The van der Waals surface area contributed by atoms with Crippen LogP contribution in [0.15, 0.2) is 82.2 Å². The number of hydrogen-bond acceptors (Lipinski definition) is 5. The highest BCUT2D eigenvalue weighted by Gasteiger charge is 2.35. The van der Waals surface area contributed by atoms with Gasteiger partial charge in [0.15, 0.2) is 6.61 Å². The average molecular weight is 537 g/mol. The molecular weight excluding hydrogens is 516 g/mol. The lowest BCUT2D eigenvalue weighted by molar-refractivity contribution is -0.123. The maximum absolute atomic E-state index is 12.8. The van der Waals surface area contributed by atoms with Gasteiger partial charge >= 0.3 is 0 Å². The molecule has 3 amide bonds. The lowest BCUT2D eigenvalue weighted by Gasteiger charge is -2.13. The van der Waals surface area contributed by atoms with E-state index in [0.29, 0.717) is 10.7 Å². The Hall–Kier alpha value is -3.36. The largest absolute Gasteiger partial charge is 0.484 e. The van der Waals surface area contributed by atoms with Crippen LogP contribution in [-0.2, 0) is 16.1 Å². The minimum atomic E-state index is -0.320. The van der Waals surface area contributed by atoms with E-state index in [4.69, 9.17) is 4.74 Å². The van der Waals surface area contributed by atoms with E-state index in [1.165, 1.54) is 4.90 Å². The van der Waals surface area contributed by atoms with Gasteiger partial charge in [-0.15, -0.1) is 0 Å². The molecule has 0 radical (unpaired) electrons. The molecule has 3 aromatic rings. The minimum Gasteiger partial charge on any atom is -0.484 e. The first-order valence-electron chi connectivity index (χ1n) is 10.5. The molecule has 8 heteroatoms. The molecule has 6 nitrogen and oxygen atoms in total. The number of rotatable bonds is 7. The van der Waals surface area contributed by atoms with Gasteiger partial charge in [-0.1, -0.05) is 58.4 Å². The molecule has 1 saturated heterocycles. The highest BCUT2D eigenvalue weighted by Crippen LogP contribution is 2.34. The van der Waals surface area contributed by atoms with Gasteiger partial charge < -0.3 is 10.1 Å². The minimum absolute atomic E-state index is 0.124. The Labute approximate surface area is 210 Å². The van der Waals surface area contributed by atoms with Gasteiger partial charge in [0.2, 0.25) is 0 Å². The highest BCUT2D eigenvalue weighted by molar-refractivity contribution is 9.10. The monoisotopic (exact) mass is 536 g/mol. The van der Waals surface area contributed by atoms with Crippen molar-refractivity contribution in [3.8, 4) is 5.75 Å². The third-order valence-electron chi connectivity index (χ3n) is 5.01. The van der Waals surface area contributed by atoms with Crippen LogP contribution in [0.2, 0.25) is 0 Å². The maximum Gasteiger partial charge on any atom is 0.293 e. The Morgan fingerprint density at radius 2 is 1.82 bits per heavy atom. The number of aryl methyl sites for hydroxylation is 1. The fourth-order valence-electron chi connectivity index (χ4n) is 3.31. The lowest BCUT2D eigenvalue weighted by Crippen LogP contribution is -2.27. The fraction of sp³-hybridized carbons (Fsp3) is 0.115. The molecule has 172 valence electrons. The van der Waals surface area contributed by atoms with Crippen LogP contribution in [0.3, 0.4) is 0 Å². The molecule has 1 fully saturated rings. The van der Waals surface area contributed by atoms with Crippen molar-refractivity contribution in [1.82, 2.24) is 4.90 Å². The predicted octanol–water partition coefficient (Wildman–Crippen LogP) is 6.01. The zero-order valence-electron chi connectivity index (χ0n) is 18.3. The van der Waals surface area contributed by atoms with Crippen LogP contribution in [0.4, 0.5) is 10.5 Å². The number of nitrogens with one attached hydrogen (secondary N) is 1. The van der Waals surface area contributed by atoms with E-state index in [1.54, 1.807) is 30.3 Å². The Kier molecular flexibility index (Phi) is 7.49. The third-order valence-corrected chi connectivity index (χ3v) is 6.69. The van der Waals surface area contributed by atoms with Crippen LogP contribution in [0.1, 0.15) is 16.7 Å². The molecule has 0 unspecified atom stereocenters. The van der Waals surface area contributed by atoms with Gasteiger partial charge in [-0.3, -0.25) is 19.3 Å². The van der Waals surface area contributed by atoms with E-state index in [9.17, 15) is 14.4 Å². The van der Waals surface area contributed by atoms with Crippen molar-refractivity contribution in [2.45, 2.75) is 13.5 Å². The van der Waals surface area contributed by atoms with Crippen molar-refractivity contribution in [3.63, 3.8) is 0 Å². The van der Waals surface area contributed by atoms with Crippen LogP contribution in [0, 0.1) is 6.92 Å². The Bertz CT molecular complexity index is 1270. The van der Waals surface area contributed by atoms with E-state index in [-0.39, 0.29) is 30.2 Å². The van der Waals surface area contributed by atoms with Crippen molar-refractivity contribution in [2.75, 3.05) is 11.9 Å². The Balaban J connectivity index is 1.35. The molecule has 1 heterocycles. The summed E-state index contributed by atoms with van der Waals surface area (Å²) in [6, 6.07) is 22.0. The van der Waals surface area contributed by atoms with E-state index < -0.39 is 0 Å². The average Bonchev–Trinajstić information content (AvgIpc) is 3.07. The number of halogens is 1. The summed E-state index contributed by atoms with van der Waals surface area (Å²) in [6.07, 6.45) is 1.68. The zero-order chi connectivity index (χ0) is 24.1. The summed E-state index contributed by atoms with van der Waals surface area (Å²) in [7, 11) is 0. The zero-order valence-corrected chi connectivity index (χ0v) is 20.7. The number of imide groups is 1. The second-order valence-electron chi connectivity index (χ2n) is 7.63. The summed E-state index contributed by atoms with van der Waals surface area (Å²) in [5, 5.41) is 2.49. The number of ether oxygens (including phenoxy) is 1. The van der Waals surface area contributed by atoms with E-state index in [1.807, 2.05) is 55.5 Å². The fourth-order valence-corrected chi connectivity index (χ4v) is 4.56. The standard InChI is InChI=1S/C26H21BrN2O4S/c1-17-5-4-7-20(13-17)28-24(30)16-33-21-11-9-18(10-12-21)14-23-25(31)29(26(32)34-23)15-19-6-2-3-8-22(19)27/h2-14H,15-16H2,1H3,(H,28,30)/b23-14-. The quantitative estimate of drug-likeness (QED) is 0.374. The van der Waals surface area contributed by atoms with Crippen molar-refractivity contribution >= 4 is 56.5 Å². The summed E-state index contributed by atoms with van der Waals surface area (Å²) in [5.74, 6) is -0.0501. The summed E-state index contributed by atoms with van der Waals surface area (Å²) >= 11 is 4.37. The van der Waals surface area contributed by atoms with Gasteiger partial charge in [0.1, 0.15) is 5.75 Å². The number of thioether (sulfide) groups is 1. The molecule has 0 spiro atoms. The topological polar surface area (TPSA) is 75.7 Å². The SMILES string of the molecule is Cc1cccc(NC(=O)COc2ccc(/C=C3\SC(=O)N(Cc4ccccc4Br)C3=O)cc2)c1. The second-order valence-corrected chi connectivity index (χ2v) is 9.48. The van der Waals surface area contributed by atoms with Gasteiger partial charge in [-0.2, -0.15) is 0 Å². The van der Waals surface area contributed by atoms with Crippen LogP contribution in [-0.4, -0.2) is 28.6 Å². The molecule has 0 atom stereocenters. The molecule has 0 aliphatic carbocycles. The van der Waals surface area contributed by atoms with Crippen LogP contribution >= 0.6 is 27.7 Å². The molecular formula is C26H21BrN2O4S. The summed E-state index contributed by atoms with van der Waals surface area (Å²) in [5.41, 5.74) is 3.39. The van der Waals surface area contributed by atoms with Crippen LogP contribution in [0.5, 0.6) is 5.75 Å². The van der Waals surface area contributed by atoms with Gasteiger partial charge in [0.25, 0.3) is 17.1 Å². The van der Waals surface area contributed by atoms with Crippen molar-refractivity contribution in [2.24, 2.45) is 0 Å². The first-order valence-corrected chi connectivity index (χ1v) is 12.1. The number of amides is 3. The molecule has 1 N–H and O–H groups in total. The van der Waals surface area contributed by atoms with E-state index in [2.05, 4.69) is 21.2 Å². The van der Waals surface area contributed by atoms with E-state index >= 15 is 0 Å². The van der Waals surface area contributed by atoms with Crippen molar-refractivity contribution in [3.05, 3.63) is 98.9 Å². The van der Waals surface area contributed by atoms with Crippen LogP contribution in [0.25, 0.3) is 6.08 Å². The molecule has 34 heavy (non-hydrogen) atoms. The smallest absolute Gasteiger partial charge is 0.293 e. The Morgan fingerprint density at radius 1 is 1.06 bits per heavy atom. The summed E-state index contributed by atoms with van der Waals surface area (Å²) in [4.78, 5) is 38.9. The predicted molar refractivity (Wildman–Crippen MR) is 137 cm³/mol. The normalized spacial score (nSPS) is 14.5. The first kappa shape index (κ1) is 23.8. The van der Waals surface area contributed by atoms with Gasteiger partial charge in [0.05, 0.1) is 11.4 Å². The second kappa shape index (κ2) is 10.7. The lowest BCUT2D eigenvalue weighted by atomic mass is 10.2.